The lowest BCUT2D eigenvalue weighted by molar-refractivity contribution is -0.0117. The normalized spacial score (nSPS) is 24.1. The Hall–Kier alpha value is -2.15. The molecule has 2 aliphatic carbocycles. The van der Waals surface area contributed by atoms with Crippen LogP contribution in [0.5, 0.6) is 5.75 Å². The zero-order valence-electron chi connectivity index (χ0n) is 18.3. The number of anilines is 1. The number of nitrogens with one attached hydrogen (secondary N) is 2. The van der Waals surface area contributed by atoms with E-state index in [9.17, 15) is 0 Å². The Kier molecular flexibility index (Phi) is 6.35. The molecule has 32 heavy (non-hydrogen) atoms. The van der Waals surface area contributed by atoms with Crippen LogP contribution in [0.3, 0.4) is 0 Å². The summed E-state index contributed by atoms with van der Waals surface area (Å²) in [6, 6.07) is 17.4. The molecule has 2 aliphatic rings. The SMILES string of the molecule is COc1ccccc1CCNC1CC2(C1)CC(Nc1nc(Cc3ccc(Cl)cc3)ns1)C2. The fourth-order valence-corrected chi connectivity index (χ4v) is 6.00. The molecule has 2 N–H and O–H groups in total. The first-order valence-corrected chi connectivity index (χ1v) is 12.4. The number of hydrogen-bond acceptors (Lipinski definition) is 6. The number of halogens is 1. The van der Waals surface area contributed by atoms with Gasteiger partial charge in [0.25, 0.3) is 0 Å². The fourth-order valence-electron chi connectivity index (χ4n) is 5.22. The van der Waals surface area contributed by atoms with Crippen LogP contribution in [0.4, 0.5) is 5.13 Å². The van der Waals surface area contributed by atoms with Gasteiger partial charge in [0.2, 0.25) is 5.13 Å². The van der Waals surface area contributed by atoms with Crippen molar-refractivity contribution in [2.24, 2.45) is 5.41 Å². The van der Waals surface area contributed by atoms with Gasteiger partial charge in [0.1, 0.15) is 11.6 Å². The molecule has 7 heteroatoms. The number of ether oxygens (including phenoxy) is 1. The van der Waals surface area contributed by atoms with Gasteiger partial charge < -0.3 is 15.4 Å². The van der Waals surface area contributed by atoms with E-state index < -0.39 is 0 Å². The molecular formula is C25H29ClN4OS. The first-order chi connectivity index (χ1) is 15.6. The Labute approximate surface area is 198 Å². The molecule has 1 heterocycles. The van der Waals surface area contributed by atoms with Crippen molar-refractivity contribution in [2.75, 3.05) is 19.0 Å². The van der Waals surface area contributed by atoms with Crippen LogP contribution in [0.25, 0.3) is 0 Å². The van der Waals surface area contributed by atoms with Gasteiger partial charge in [0.05, 0.1) is 7.11 Å². The molecule has 0 bridgehead atoms. The molecule has 0 radical (unpaired) electrons. The summed E-state index contributed by atoms with van der Waals surface area (Å²) in [6.07, 6.45) is 6.80. The topological polar surface area (TPSA) is 59.1 Å². The summed E-state index contributed by atoms with van der Waals surface area (Å²) < 4.78 is 9.97. The highest BCUT2D eigenvalue weighted by atomic mass is 35.5. The molecule has 0 unspecified atom stereocenters. The van der Waals surface area contributed by atoms with Gasteiger partial charge in [0, 0.05) is 35.1 Å². The van der Waals surface area contributed by atoms with Crippen LogP contribution in [0.15, 0.2) is 48.5 Å². The summed E-state index contributed by atoms with van der Waals surface area (Å²) in [5.74, 6) is 1.86. The molecule has 2 saturated carbocycles. The molecule has 0 saturated heterocycles. The number of benzene rings is 2. The molecule has 0 atom stereocenters. The lowest BCUT2D eigenvalue weighted by Gasteiger charge is -2.58. The molecule has 2 aromatic carbocycles. The third-order valence-electron chi connectivity index (χ3n) is 6.81. The van der Waals surface area contributed by atoms with E-state index in [1.165, 1.54) is 48.3 Å². The van der Waals surface area contributed by atoms with Crippen molar-refractivity contribution in [2.45, 2.75) is 50.6 Å². The zero-order chi connectivity index (χ0) is 22.0. The van der Waals surface area contributed by atoms with Gasteiger partial charge in [-0.3, -0.25) is 0 Å². The Morgan fingerprint density at radius 3 is 2.59 bits per heavy atom. The van der Waals surface area contributed by atoms with E-state index in [1.807, 2.05) is 36.4 Å². The standard InChI is InChI=1S/C25H29ClN4OS/c1-31-22-5-3-2-4-18(22)10-11-27-20-13-25(14-20)15-21(16-25)28-24-29-23(30-32-24)12-17-6-8-19(26)9-7-17/h2-9,20-21,27H,10-16H2,1H3,(H,28,29,30). The minimum Gasteiger partial charge on any atom is -0.496 e. The molecule has 0 amide bonds. The van der Waals surface area contributed by atoms with E-state index in [4.69, 9.17) is 16.3 Å². The van der Waals surface area contributed by atoms with Gasteiger partial charge in [-0.05, 0) is 73.4 Å². The lowest BCUT2D eigenvalue weighted by atomic mass is 9.52. The number of nitrogens with zero attached hydrogens (tertiary/aromatic N) is 2. The average Bonchev–Trinajstić information content (AvgIpc) is 3.19. The van der Waals surface area contributed by atoms with Crippen LogP contribution < -0.4 is 15.4 Å². The van der Waals surface area contributed by atoms with Crippen molar-refractivity contribution in [1.29, 1.82) is 0 Å². The van der Waals surface area contributed by atoms with Gasteiger partial charge in [-0.15, -0.1) is 0 Å². The molecule has 5 rings (SSSR count). The van der Waals surface area contributed by atoms with E-state index in [1.54, 1.807) is 7.11 Å². The number of rotatable bonds is 9. The maximum absolute atomic E-state index is 5.96. The quantitative estimate of drug-likeness (QED) is 0.443. The van der Waals surface area contributed by atoms with E-state index in [2.05, 4.69) is 32.1 Å². The summed E-state index contributed by atoms with van der Waals surface area (Å²) >= 11 is 7.43. The Morgan fingerprint density at radius 2 is 1.81 bits per heavy atom. The van der Waals surface area contributed by atoms with Gasteiger partial charge in [0.15, 0.2) is 0 Å². The summed E-state index contributed by atoms with van der Waals surface area (Å²) in [5.41, 5.74) is 2.99. The smallest absolute Gasteiger partial charge is 0.202 e. The second-order valence-corrected chi connectivity index (χ2v) is 10.4. The highest BCUT2D eigenvalue weighted by Gasteiger charge is 2.52. The summed E-state index contributed by atoms with van der Waals surface area (Å²) in [7, 11) is 1.74. The predicted molar refractivity (Wildman–Crippen MR) is 131 cm³/mol. The van der Waals surface area contributed by atoms with Crippen LogP contribution in [-0.2, 0) is 12.8 Å². The van der Waals surface area contributed by atoms with E-state index >= 15 is 0 Å². The van der Waals surface area contributed by atoms with Gasteiger partial charge in [-0.2, -0.15) is 4.37 Å². The van der Waals surface area contributed by atoms with Crippen LogP contribution in [0.1, 0.15) is 42.6 Å². The van der Waals surface area contributed by atoms with Crippen molar-refractivity contribution >= 4 is 28.3 Å². The van der Waals surface area contributed by atoms with Crippen LogP contribution in [-0.4, -0.2) is 35.1 Å². The molecule has 3 aromatic rings. The number of methoxy groups -OCH3 is 1. The van der Waals surface area contributed by atoms with Gasteiger partial charge >= 0.3 is 0 Å². The lowest BCUT2D eigenvalue weighted by Crippen LogP contribution is -2.58. The summed E-state index contributed by atoms with van der Waals surface area (Å²) in [6.45, 7) is 1.00. The number of aromatic nitrogens is 2. The predicted octanol–water partition coefficient (Wildman–Crippen LogP) is 5.35. The Bertz CT molecular complexity index is 1040. The molecule has 2 fully saturated rings. The van der Waals surface area contributed by atoms with Crippen molar-refractivity contribution in [3.63, 3.8) is 0 Å². The molecule has 5 nitrogen and oxygen atoms in total. The highest BCUT2D eigenvalue weighted by Crippen LogP contribution is 2.56. The minimum atomic E-state index is 0.529. The second-order valence-electron chi connectivity index (χ2n) is 9.19. The number of hydrogen-bond donors (Lipinski definition) is 2. The van der Waals surface area contributed by atoms with Crippen LogP contribution >= 0.6 is 23.1 Å². The molecule has 0 aliphatic heterocycles. The highest BCUT2D eigenvalue weighted by molar-refractivity contribution is 7.09. The second kappa shape index (κ2) is 9.38. The van der Waals surface area contributed by atoms with Gasteiger partial charge in [-0.25, -0.2) is 4.98 Å². The summed E-state index contributed by atoms with van der Waals surface area (Å²) in [4.78, 5) is 4.68. The third kappa shape index (κ3) is 4.92. The number of para-hydroxylation sites is 1. The maximum Gasteiger partial charge on any atom is 0.202 e. The molecule has 1 aromatic heterocycles. The Balaban J connectivity index is 1.01. The molecule has 168 valence electrons. The Morgan fingerprint density at radius 1 is 1.06 bits per heavy atom. The zero-order valence-corrected chi connectivity index (χ0v) is 19.9. The fraction of sp³-hybridized carbons (Fsp3) is 0.440. The van der Waals surface area contributed by atoms with Crippen molar-refractivity contribution in [3.05, 3.63) is 70.5 Å². The van der Waals surface area contributed by atoms with E-state index in [-0.39, 0.29) is 0 Å². The molecular weight excluding hydrogens is 440 g/mol. The van der Waals surface area contributed by atoms with Crippen molar-refractivity contribution in [3.8, 4) is 5.75 Å². The van der Waals surface area contributed by atoms with Crippen molar-refractivity contribution < 1.29 is 4.74 Å². The monoisotopic (exact) mass is 468 g/mol. The largest absolute Gasteiger partial charge is 0.496 e. The van der Waals surface area contributed by atoms with E-state index in [0.717, 1.165) is 41.1 Å². The third-order valence-corrected chi connectivity index (χ3v) is 7.74. The van der Waals surface area contributed by atoms with E-state index in [0.29, 0.717) is 17.5 Å². The van der Waals surface area contributed by atoms with Crippen LogP contribution in [0, 0.1) is 5.41 Å². The van der Waals surface area contributed by atoms with Gasteiger partial charge in [-0.1, -0.05) is 41.9 Å². The summed E-state index contributed by atoms with van der Waals surface area (Å²) in [5, 5.41) is 9.03. The van der Waals surface area contributed by atoms with Crippen LogP contribution in [0.2, 0.25) is 5.02 Å². The molecule has 1 spiro atoms. The average molecular weight is 469 g/mol. The van der Waals surface area contributed by atoms with Crippen molar-refractivity contribution in [1.82, 2.24) is 14.7 Å². The first-order valence-electron chi connectivity index (χ1n) is 11.3. The first kappa shape index (κ1) is 21.7. The minimum absolute atomic E-state index is 0.529. The maximum atomic E-state index is 5.96.